The van der Waals surface area contributed by atoms with E-state index in [1.54, 1.807) is 14.0 Å². The molecule has 4 nitrogen and oxygen atoms in total. The average Bonchev–Trinajstić information content (AvgIpc) is 2.89. The summed E-state index contributed by atoms with van der Waals surface area (Å²) in [5, 5.41) is 0. The number of benzene rings is 1. The largest absolute Gasteiger partial charge is 0.398 e. The molecule has 21 heavy (non-hydrogen) atoms. The molecule has 1 saturated carbocycles. The first-order valence-corrected chi connectivity index (χ1v) is 9.01. The van der Waals surface area contributed by atoms with E-state index in [1.807, 2.05) is 19.9 Å². The third kappa shape index (κ3) is 3.09. The Balaban J connectivity index is 2.39. The molecule has 1 aliphatic rings. The van der Waals surface area contributed by atoms with Crippen molar-refractivity contribution in [3.05, 3.63) is 22.8 Å². The van der Waals surface area contributed by atoms with Gasteiger partial charge in [0.15, 0.2) is 0 Å². The summed E-state index contributed by atoms with van der Waals surface area (Å²) in [7, 11) is -1.79. The Labute approximate surface area is 128 Å². The molecule has 2 N–H and O–H groups in total. The minimum absolute atomic E-state index is 0.389. The highest BCUT2D eigenvalue weighted by Gasteiger charge is 2.29. The van der Waals surface area contributed by atoms with Crippen LogP contribution in [0.1, 0.15) is 42.4 Å². The minimum Gasteiger partial charge on any atom is -0.398 e. The van der Waals surface area contributed by atoms with Crippen LogP contribution in [0.25, 0.3) is 0 Å². The molecule has 118 valence electrons. The highest BCUT2D eigenvalue weighted by molar-refractivity contribution is 7.89. The molecular weight excluding hydrogens is 284 g/mol. The molecule has 0 saturated heterocycles. The van der Waals surface area contributed by atoms with Crippen molar-refractivity contribution in [2.75, 3.05) is 19.3 Å². The van der Waals surface area contributed by atoms with Crippen molar-refractivity contribution in [1.82, 2.24) is 4.31 Å². The van der Waals surface area contributed by atoms with Crippen LogP contribution in [0.4, 0.5) is 5.69 Å². The Kier molecular flexibility index (Phi) is 4.63. The van der Waals surface area contributed by atoms with Gasteiger partial charge in [0, 0.05) is 19.3 Å². The molecule has 5 heteroatoms. The fourth-order valence-corrected chi connectivity index (χ4v) is 5.01. The van der Waals surface area contributed by atoms with Crippen LogP contribution in [-0.2, 0) is 10.0 Å². The van der Waals surface area contributed by atoms with Crippen LogP contribution in [0.15, 0.2) is 11.0 Å². The van der Waals surface area contributed by atoms with Crippen LogP contribution in [-0.4, -0.2) is 26.3 Å². The molecule has 0 unspecified atom stereocenters. The summed E-state index contributed by atoms with van der Waals surface area (Å²) in [5.41, 5.74) is 8.91. The first-order valence-electron chi connectivity index (χ1n) is 7.57. The number of anilines is 1. The maximum absolute atomic E-state index is 12.9. The number of hydrogen-bond acceptors (Lipinski definition) is 3. The van der Waals surface area contributed by atoms with E-state index in [0.29, 0.717) is 28.6 Å². The summed E-state index contributed by atoms with van der Waals surface area (Å²) in [6.45, 7) is 6.16. The Morgan fingerprint density at radius 2 is 1.76 bits per heavy atom. The molecule has 0 heterocycles. The molecule has 0 amide bonds. The van der Waals surface area contributed by atoms with Gasteiger partial charge in [-0.2, -0.15) is 0 Å². The Bertz CT molecular complexity index is 606. The predicted molar refractivity (Wildman–Crippen MR) is 86.8 cm³/mol. The van der Waals surface area contributed by atoms with E-state index in [0.717, 1.165) is 24.0 Å². The third-order valence-electron chi connectivity index (χ3n) is 4.74. The first-order chi connectivity index (χ1) is 9.75. The van der Waals surface area contributed by atoms with E-state index >= 15 is 0 Å². The SMILES string of the molecule is Cc1cc(N)c(C)c(S(=O)(=O)N(C)CC2CCCC2)c1C. The maximum Gasteiger partial charge on any atom is 0.243 e. The molecule has 1 aromatic rings. The van der Waals surface area contributed by atoms with Gasteiger partial charge in [0.1, 0.15) is 0 Å². The Morgan fingerprint density at radius 1 is 1.19 bits per heavy atom. The van der Waals surface area contributed by atoms with E-state index in [-0.39, 0.29) is 0 Å². The summed E-state index contributed by atoms with van der Waals surface area (Å²) in [4.78, 5) is 0.389. The summed E-state index contributed by atoms with van der Waals surface area (Å²) >= 11 is 0. The van der Waals surface area contributed by atoms with Gasteiger partial charge in [0.25, 0.3) is 0 Å². The van der Waals surface area contributed by atoms with Gasteiger partial charge in [-0.1, -0.05) is 12.8 Å². The molecule has 1 aromatic carbocycles. The molecule has 0 radical (unpaired) electrons. The second-order valence-corrected chi connectivity index (χ2v) is 8.28. The monoisotopic (exact) mass is 310 g/mol. The number of sulfonamides is 1. The summed E-state index contributed by atoms with van der Waals surface area (Å²) < 4.78 is 27.4. The van der Waals surface area contributed by atoms with Crippen LogP contribution < -0.4 is 5.73 Å². The van der Waals surface area contributed by atoms with Gasteiger partial charge in [0.2, 0.25) is 10.0 Å². The normalized spacial score (nSPS) is 16.8. The zero-order valence-corrected chi connectivity index (χ0v) is 14.3. The lowest BCUT2D eigenvalue weighted by Crippen LogP contribution is -2.32. The van der Waals surface area contributed by atoms with E-state index in [9.17, 15) is 8.42 Å². The number of hydrogen-bond donors (Lipinski definition) is 1. The molecule has 0 spiro atoms. The topological polar surface area (TPSA) is 63.4 Å². The van der Waals surface area contributed by atoms with Crippen LogP contribution in [0.3, 0.4) is 0 Å². The second-order valence-electron chi connectivity index (χ2n) is 6.30. The van der Waals surface area contributed by atoms with Crippen LogP contribution in [0.5, 0.6) is 0 Å². The second kappa shape index (κ2) is 5.97. The molecule has 1 aliphatic carbocycles. The van der Waals surface area contributed by atoms with Crippen molar-refractivity contribution < 1.29 is 8.42 Å². The molecule has 0 aliphatic heterocycles. The van der Waals surface area contributed by atoms with E-state index < -0.39 is 10.0 Å². The van der Waals surface area contributed by atoms with Crippen molar-refractivity contribution >= 4 is 15.7 Å². The fourth-order valence-electron chi connectivity index (χ4n) is 3.24. The molecule has 2 rings (SSSR count). The molecule has 0 atom stereocenters. The average molecular weight is 310 g/mol. The summed E-state index contributed by atoms with van der Waals surface area (Å²) in [6, 6.07) is 1.85. The van der Waals surface area contributed by atoms with Gasteiger partial charge < -0.3 is 5.73 Å². The quantitative estimate of drug-likeness (QED) is 0.870. The Hall–Kier alpha value is -1.07. The highest BCUT2D eigenvalue weighted by atomic mass is 32.2. The van der Waals surface area contributed by atoms with Crippen LogP contribution in [0.2, 0.25) is 0 Å². The lowest BCUT2D eigenvalue weighted by molar-refractivity contribution is 0.387. The van der Waals surface area contributed by atoms with Crippen LogP contribution in [0, 0.1) is 26.7 Å². The smallest absolute Gasteiger partial charge is 0.243 e. The highest BCUT2D eigenvalue weighted by Crippen LogP contribution is 2.32. The summed E-state index contributed by atoms with van der Waals surface area (Å²) in [6.07, 6.45) is 4.70. The molecule has 0 aromatic heterocycles. The van der Waals surface area contributed by atoms with E-state index in [1.165, 1.54) is 17.1 Å². The number of nitrogens with two attached hydrogens (primary N) is 1. The third-order valence-corrected chi connectivity index (χ3v) is 6.83. The zero-order valence-electron chi connectivity index (χ0n) is 13.4. The van der Waals surface area contributed by atoms with E-state index in [2.05, 4.69) is 0 Å². The first kappa shape index (κ1) is 16.3. The number of nitrogens with zero attached hydrogens (tertiary/aromatic N) is 1. The number of rotatable bonds is 4. The maximum atomic E-state index is 12.9. The Morgan fingerprint density at radius 3 is 2.33 bits per heavy atom. The van der Waals surface area contributed by atoms with E-state index in [4.69, 9.17) is 5.73 Å². The summed E-state index contributed by atoms with van der Waals surface area (Å²) in [5.74, 6) is 0.493. The zero-order chi connectivity index (χ0) is 15.8. The van der Waals surface area contributed by atoms with Crippen molar-refractivity contribution in [3.63, 3.8) is 0 Å². The van der Waals surface area contributed by atoms with Crippen molar-refractivity contribution in [1.29, 1.82) is 0 Å². The van der Waals surface area contributed by atoms with Gasteiger partial charge in [0.05, 0.1) is 4.90 Å². The fraction of sp³-hybridized carbons (Fsp3) is 0.625. The lowest BCUT2D eigenvalue weighted by Gasteiger charge is -2.24. The van der Waals surface area contributed by atoms with Crippen molar-refractivity contribution in [2.45, 2.75) is 51.3 Å². The van der Waals surface area contributed by atoms with Gasteiger partial charge in [-0.15, -0.1) is 0 Å². The van der Waals surface area contributed by atoms with Crippen LogP contribution >= 0.6 is 0 Å². The lowest BCUT2D eigenvalue weighted by atomic mass is 10.1. The molecular formula is C16H26N2O2S. The minimum atomic E-state index is -3.48. The van der Waals surface area contributed by atoms with Gasteiger partial charge >= 0.3 is 0 Å². The molecule has 0 bridgehead atoms. The van der Waals surface area contributed by atoms with Gasteiger partial charge in [-0.05, 0) is 62.3 Å². The standard InChI is InChI=1S/C16H26N2O2S/c1-11-9-15(17)13(3)16(12(11)2)21(19,20)18(4)10-14-7-5-6-8-14/h9,14H,5-8,10,17H2,1-4H3. The predicted octanol–water partition coefficient (Wildman–Crippen LogP) is 3.00. The molecule has 1 fully saturated rings. The van der Waals surface area contributed by atoms with Crippen molar-refractivity contribution in [2.24, 2.45) is 5.92 Å². The van der Waals surface area contributed by atoms with Gasteiger partial charge in [-0.25, -0.2) is 12.7 Å². The number of aryl methyl sites for hydroxylation is 1. The number of nitrogen functional groups attached to an aromatic ring is 1. The van der Waals surface area contributed by atoms with Crippen molar-refractivity contribution in [3.8, 4) is 0 Å². The van der Waals surface area contributed by atoms with Gasteiger partial charge in [-0.3, -0.25) is 0 Å².